The molecular formula is C15H26N2O3. The molecule has 2 aliphatic carbocycles. The van der Waals surface area contributed by atoms with Gasteiger partial charge in [-0.25, -0.2) is 9.59 Å². The zero-order valence-corrected chi connectivity index (χ0v) is 12.4. The van der Waals surface area contributed by atoms with E-state index in [1.165, 1.54) is 25.7 Å². The fourth-order valence-corrected chi connectivity index (χ4v) is 3.75. The Labute approximate surface area is 120 Å². The van der Waals surface area contributed by atoms with E-state index in [4.69, 9.17) is 5.11 Å². The summed E-state index contributed by atoms with van der Waals surface area (Å²) in [5.74, 6) is 1.50. The van der Waals surface area contributed by atoms with E-state index < -0.39 is 12.0 Å². The van der Waals surface area contributed by atoms with E-state index in [2.05, 4.69) is 10.6 Å². The summed E-state index contributed by atoms with van der Waals surface area (Å²) in [5, 5.41) is 14.5. The number of rotatable bonds is 6. The van der Waals surface area contributed by atoms with Crippen LogP contribution in [0.15, 0.2) is 0 Å². The second-order valence-electron chi connectivity index (χ2n) is 6.81. The van der Waals surface area contributed by atoms with Gasteiger partial charge in [-0.3, -0.25) is 0 Å². The van der Waals surface area contributed by atoms with Crippen molar-refractivity contribution in [1.82, 2.24) is 10.6 Å². The van der Waals surface area contributed by atoms with Gasteiger partial charge in [-0.15, -0.1) is 0 Å². The van der Waals surface area contributed by atoms with Gasteiger partial charge in [0.05, 0.1) is 0 Å². The van der Waals surface area contributed by atoms with Crippen LogP contribution in [0.25, 0.3) is 0 Å². The molecule has 2 aliphatic rings. The number of carboxylic acids is 1. The van der Waals surface area contributed by atoms with E-state index in [1.54, 1.807) is 0 Å². The van der Waals surface area contributed by atoms with Crippen molar-refractivity contribution in [3.8, 4) is 0 Å². The van der Waals surface area contributed by atoms with Crippen molar-refractivity contribution in [1.29, 1.82) is 0 Å². The molecule has 114 valence electrons. The van der Waals surface area contributed by atoms with Gasteiger partial charge in [-0.2, -0.15) is 0 Å². The van der Waals surface area contributed by atoms with Gasteiger partial charge in [0.15, 0.2) is 0 Å². The third-order valence-electron chi connectivity index (χ3n) is 4.72. The van der Waals surface area contributed by atoms with Crippen molar-refractivity contribution in [3.05, 3.63) is 0 Å². The molecule has 0 heterocycles. The molecule has 2 fully saturated rings. The number of nitrogens with one attached hydrogen (secondary N) is 2. The van der Waals surface area contributed by atoms with E-state index in [9.17, 15) is 9.59 Å². The monoisotopic (exact) mass is 282 g/mol. The van der Waals surface area contributed by atoms with Crippen molar-refractivity contribution < 1.29 is 14.7 Å². The first-order valence-corrected chi connectivity index (χ1v) is 7.73. The van der Waals surface area contributed by atoms with Crippen LogP contribution in [0.1, 0.15) is 46.0 Å². The highest BCUT2D eigenvalue weighted by atomic mass is 16.4. The molecule has 3 unspecified atom stereocenters. The Morgan fingerprint density at radius 1 is 1.25 bits per heavy atom. The fraction of sp³-hybridized carbons (Fsp3) is 0.867. The summed E-state index contributed by atoms with van der Waals surface area (Å²) in [5.41, 5.74) is 0. The zero-order valence-electron chi connectivity index (χ0n) is 12.4. The van der Waals surface area contributed by atoms with Gasteiger partial charge in [0.25, 0.3) is 0 Å². The van der Waals surface area contributed by atoms with Crippen LogP contribution < -0.4 is 10.6 Å². The summed E-state index contributed by atoms with van der Waals surface area (Å²) < 4.78 is 0. The van der Waals surface area contributed by atoms with Crippen molar-refractivity contribution in [2.45, 2.75) is 52.0 Å². The molecular weight excluding hydrogens is 256 g/mol. The summed E-state index contributed by atoms with van der Waals surface area (Å²) in [6, 6.07) is -1.14. The summed E-state index contributed by atoms with van der Waals surface area (Å²) >= 11 is 0. The number of amides is 2. The number of fused-ring (bicyclic) bond motifs is 2. The largest absolute Gasteiger partial charge is 0.480 e. The third-order valence-corrected chi connectivity index (χ3v) is 4.72. The second kappa shape index (κ2) is 6.46. The molecule has 0 aromatic carbocycles. The molecule has 0 spiro atoms. The average Bonchev–Trinajstić information content (AvgIpc) is 2.97. The summed E-state index contributed by atoms with van der Waals surface area (Å²) in [6.45, 7) is 4.58. The highest BCUT2D eigenvalue weighted by Crippen LogP contribution is 2.47. The minimum Gasteiger partial charge on any atom is -0.480 e. The Bertz CT molecular complexity index is 370. The lowest BCUT2D eigenvalue weighted by atomic mass is 9.89. The first-order valence-electron chi connectivity index (χ1n) is 7.73. The SMILES string of the molecule is CC(C)C[C@H](NC(=O)NCC1CC2CCC1C2)C(=O)O. The van der Waals surface area contributed by atoms with Gasteiger partial charge in [0.2, 0.25) is 0 Å². The fourth-order valence-electron chi connectivity index (χ4n) is 3.75. The van der Waals surface area contributed by atoms with Gasteiger partial charge < -0.3 is 15.7 Å². The van der Waals surface area contributed by atoms with Crippen LogP contribution in [0.2, 0.25) is 0 Å². The zero-order chi connectivity index (χ0) is 14.7. The van der Waals surface area contributed by atoms with Crippen molar-refractivity contribution in [2.24, 2.45) is 23.7 Å². The maximum absolute atomic E-state index is 11.8. The number of hydrogen-bond donors (Lipinski definition) is 3. The molecule has 5 nitrogen and oxygen atoms in total. The van der Waals surface area contributed by atoms with E-state index in [1.807, 2.05) is 13.8 Å². The lowest BCUT2D eigenvalue weighted by molar-refractivity contribution is -0.139. The Morgan fingerprint density at radius 2 is 2.00 bits per heavy atom. The van der Waals surface area contributed by atoms with Crippen LogP contribution in [-0.4, -0.2) is 29.7 Å². The van der Waals surface area contributed by atoms with Gasteiger partial charge in [0.1, 0.15) is 6.04 Å². The van der Waals surface area contributed by atoms with Gasteiger partial charge in [-0.1, -0.05) is 20.3 Å². The molecule has 0 radical (unpaired) electrons. The molecule has 0 saturated heterocycles. The maximum atomic E-state index is 11.8. The molecule has 2 rings (SSSR count). The molecule has 2 bridgehead atoms. The van der Waals surface area contributed by atoms with Crippen molar-refractivity contribution in [2.75, 3.05) is 6.54 Å². The minimum atomic E-state index is -0.964. The van der Waals surface area contributed by atoms with Crippen LogP contribution in [0.3, 0.4) is 0 Å². The van der Waals surface area contributed by atoms with Crippen LogP contribution in [0.4, 0.5) is 4.79 Å². The highest BCUT2D eigenvalue weighted by Gasteiger charge is 2.39. The van der Waals surface area contributed by atoms with Crippen LogP contribution in [0.5, 0.6) is 0 Å². The number of carboxylic acid groups (broad SMARTS) is 1. The average molecular weight is 282 g/mol. The van der Waals surface area contributed by atoms with Gasteiger partial charge in [0, 0.05) is 6.54 Å². The summed E-state index contributed by atoms with van der Waals surface area (Å²) in [4.78, 5) is 22.9. The standard InChI is InChI=1S/C15H26N2O3/c1-9(2)5-13(14(18)19)17-15(20)16-8-12-7-10-3-4-11(12)6-10/h9-13H,3-8H2,1-2H3,(H,18,19)(H2,16,17,20)/t10?,11?,12?,13-/m0/s1. The minimum absolute atomic E-state index is 0.238. The smallest absolute Gasteiger partial charge is 0.326 e. The normalized spacial score (nSPS) is 29.4. The lowest BCUT2D eigenvalue weighted by Crippen LogP contribution is -2.47. The Morgan fingerprint density at radius 3 is 2.50 bits per heavy atom. The number of aliphatic carboxylic acids is 1. The number of carbonyl (C=O) groups excluding carboxylic acids is 1. The molecule has 0 aromatic heterocycles. The van der Waals surface area contributed by atoms with Gasteiger partial charge >= 0.3 is 12.0 Å². The molecule has 5 heteroatoms. The lowest BCUT2D eigenvalue weighted by Gasteiger charge is -2.23. The second-order valence-corrected chi connectivity index (χ2v) is 6.81. The molecule has 20 heavy (non-hydrogen) atoms. The van der Waals surface area contributed by atoms with Crippen molar-refractivity contribution in [3.63, 3.8) is 0 Å². The van der Waals surface area contributed by atoms with E-state index in [0.717, 1.165) is 11.8 Å². The molecule has 2 amide bonds. The molecule has 0 aliphatic heterocycles. The van der Waals surface area contributed by atoms with Gasteiger partial charge in [-0.05, 0) is 49.4 Å². The van der Waals surface area contributed by atoms with E-state index in [0.29, 0.717) is 18.9 Å². The highest BCUT2D eigenvalue weighted by molar-refractivity contribution is 5.82. The molecule has 4 atom stereocenters. The summed E-state index contributed by atoms with van der Waals surface area (Å²) in [7, 11) is 0. The molecule has 0 aromatic rings. The van der Waals surface area contributed by atoms with E-state index >= 15 is 0 Å². The topological polar surface area (TPSA) is 78.4 Å². The summed E-state index contributed by atoms with van der Waals surface area (Å²) in [6.07, 6.45) is 5.64. The number of carbonyl (C=O) groups is 2. The Hall–Kier alpha value is -1.26. The predicted molar refractivity (Wildman–Crippen MR) is 76.4 cm³/mol. The number of hydrogen-bond acceptors (Lipinski definition) is 2. The molecule has 3 N–H and O–H groups in total. The maximum Gasteiger partial charge on any atom is 0.326 e. The van der Waals surface area contributed by atoms with Crippen LogP contribution in [-0.2, 0) is 4.79 Å². The third kappa shape index (κ3) is 3.87. The first kappa shape index (κ1) is 15.1. The quantitative estimate of drug-likeness (QED) is 0.699. The van der Waals surface area contributed by atoms with Crippen LogP contribution >= 0.6 is 0 Å². The van der Waals surface area contributed by atoms with E-state index in [-0.39, 0.29) is 11.9 Å². The number of urea groups is 1. The first-order chi connectivity index (χ1) is 9.45. The molecule has 2 saturated carbocycles. The van der Waals surface area contributed by atoms with Crippen molar-refractivity contribution >= 4 is 12.0 Å². The van der Waals surface area contributed by atoms with Crippen LogP contribution in [0, 0.1) is 23.7 Å². The Kier molecular flexibility index (Phi) is 4.89. The predicted octanol–water partition coefficient (Wildman–Crippen LogP) is 2.22. The Balaban J connectivity index is 1.72.